The van der Waals surface area contributed by atoms with Crippen LogP contribution in [0.2, 0.25) is 0 Å². The number of hydrogen-bond donors (Lipinski definition) is 0. The van der Waals surface area contributed by atoms with Crippen molar-refractivity contribution < 1.29 is 4.52 Å². The molecule has 1 aromatic carbocycles. The molecule has 0 radical (unpaired) electrons. The number of rotatable bonds is 5. The Morgan fingerprint density at radius 1 is 1.46 bits per heavy atom. The summed E-state index contributed by atoms with van der Waals surface area (Å²) < 4.78 is 9.54. The first kappa shape index (κ1) is 10.4. The van der Waals surface area contributed by atoms with E-state index in [9.17, 15) is 0 Å². The molecule has 0 heterocycles. The van der Waals surface area contributed by atoms with Gasteiger partial charge in [0.2, 0.25) is 0 Å². The Labute approximate surface area is 81.8 Å². The molecule has 0 aromatic heterocycles. The highest BCUT2D eigenvalue weighted by atomic mass is 31.1. The number of benzene rings is 1. The fraction of sp³-hybridized carbons (Fsp3) is 0.111. The third-order valence-corrected chi connectivity index (χ3v) is 2.87. The molecule has 0 amide bonds. The van der Waals surface area contributed by atoms with E-state index in [0.29, 0.717) is 0 Å². The summed E-state index contributed by atoms with van der Waals surface area (Å²) in [4.78, 5) is 0. The Bertz CT molecular complexity index is 274. The Balaban J connectivity index is 2.24. The van der Waals surface area contributed by atoms with E-state index in [1.54, 1.807) is 0 Å². The molecule has 0 spiro atoms. The highest BCUT2D eigenvalue weighted by Crippen LogP contribution is 2.24. The molecule has 1 unspecified atom stereocenters. The lowest BCUT2D eigenvalue weighted by Gasteiger charge is -1.98. The third-order valence-electron chi connectivity index (χ3n) is 1.23. The van der Waals surface area contributed by atoms with Gasteiger partial charge in [-0.2, -0.15) is 0 Å². The summed E-state index contributed by atoms with van der Waals surface area (Å²) in [6, 6.07) is 9.70. The van der Waals surface area contributed by atoms with E-state index < -0.39 is 0 Å². The maximum absolute atomic E-state index is 5.37. The fourth-order valence-electron chi connectivity index (χ4n) is 0.689. The highest BCUT2D eigenvalue weighted by Gasteiger charge is 1.87. The van der Waals surface area contributed by atoms with Crippen molar-refractivity contribution in [3.63, 3.8) is 0 Å². The molecule has 1 rings (SSSR count). The zero-order valence-electron chi connectivity index (χ0n) is 7.18. The standard InChI is InChI=1S/C9H11NOP2/c1-2-8-12-10-13-11-9-6-4-3-5-7-9/h2-7,13H,1,8H2. The second kappa shape index (κ2) is 6.77. The quantitative estimate of drug-likeness (QED) is 0.534. The van der Waals surface area contributed by atoms with Crippen molar-refractivity contribution in [2.24, 2.45) is 4.52 Å². The van der Waals surface area contributed by atoms with Crippen molar-refractivity contribution in [3.8, 4) is 5.75 Å². The van der Waals surface area contributed by atoms with Crippen LogP contribution in [0.5, 0.6) is 5.75 Å². The minimum absolute atomic E-state index is 0.184. The lowest BCUT2D eigenvalue weighted by molar-refractivity contribution is 0.633. The van der Waals surface area contributed by atoms with Crippen molar-refractivity contribution >= 4 is 17.3 Å². The monoisotopic (exact) mass is 211 g/mol. The molecule has 4 heteroatoms. The van der Waals surface area contributed by atoms with Gasteiger partial charge in [0, 0.05) is 14.5 Å². The van der Waals surface area contributed by atoms with Gasteiger partial charge in [0.25, 0.3) is 0 Å². The summed E-state index contributed by atoms with van der Waals surface area (Å²) in [7, 11) is 1.21. The van der Waals surface area contributed by atoms with Crippen LogP contribution in [0.15, 0.2) is 47.5 Å². The number of hydrogen-bond acceptors (Lipinski definition) is 2. The summed E-state index contributed by atoms with van der Waals surface area (Å²) in [5, 5.41) is 0. The first-order chi connectivity index (χ1) is 6.43. The third kappa shape index (κ3) is 4.77. The van der Waals surface area contributed by atoms with Gasteiger partial charge in [-0.1, -0.05) is 24.3 Å². The van der Waals surface area contributed by atoms with Crippen LogP contribution in [0.3, 0.4) is 0 Å². The van der Waals surface area contributed by atoms with Crippen LogP contribution in [0, 0.1) is 0 Å². The molecule has 13 heavy (non-hydrogen) atoms. The van der Waals surface area contributed by atoms with Crippen LogP contribution in [0.1, 0.15) is 0 Å². The normalized spacial score (nSPS) is 11.1. The lowest BCUT2D eigenvalue weighted by atomic mass is 10.3. The Morgan fingerprint density at radius 2 is 2.23 bits per heavy atom. The number of allylic oxidation sites excluding steroid dienone is 1. The Hall–Kier alpha value is -0.710. The molecule has 0 aliphatic heterocycles. The van der Waals surface area contributed by atoms with Gasteiger partial charge in [-0.05, 0) is 12.1 Å². The molecule has 0 saturated carbocycles. The topological polar surface area (TPSA) is 21.6 Å². The van der Waals surface area contributed by atoms with E-state index in [0.717, 1.165) is 20.3 Å². The molecule has 68 valence electrons. The van der Waals surface area contributed by atoms with E-state index in [4.69, 9.17) is 4.52 Å². The first-order valence-electron chi connectivity index (χ1n) is 3.88. The molecule has 1 atom stereocenters. The molecule has 0 aliphatic rings. The van der Waals surface area contributed by atoms with Crippen LogP contribution < -0.4 is 4.52 Å². The van der Waals surface area contributed by atoms with Crippen molar-refractivity contribution in [2.45, 2.75) is 0 Å². The van der Waals surface area contributed by atoms with Crippen molar-refractivity contribution in [1.82, 2.24) is 0 Å². The molecule has 0 bridgehead atoms. The second-order valence-electron chi connectivity index (χ2n) is 2.22. The molecular weight excluding hydrogens is 200 g/mol. The van der Waals surface area contributed by atoms with Gasteiger partial charge >= 0.3 is 0 Å². The number of para-hydroxylation sites is 1. The van der Waals surface area contributed by atoms with Crippen LogP contribution >= 0.6 is 17.3 Å². The average molecular weight is 211 g/mol. The SMILES string of the molecule is C=CCP=NPOc1ccccc1. The zero-order valence-corrected chi connectivity index (χ0v) is 9.08. The van der Waals surface area contributed by atoms with E-state index in [-0.39, 0.29) is 8.96 Å². The molecule has 1 aromatic rings. The maximum Gasteiger partial charge on any atom is 0.200 e. The van der Waals surface area contributed by atoms with Gasteiger partial charge in [0.05, 0.1) is 0 Å². The summed E-state index contributed by atoms with van der Waals surface area (Å²) in [5.74, 6) is 0.874. The largest absolute Gasteiger partial charge is 0.454 e. The summed E-state index contributed by atoms with van der Waals surface area (Å²) in [6.45, 7) is 3.61. The van der Waals surface area contributed by atoms with E-state index >= 15 is 0 Å². The molecule has 0 N–H and O–H groups in total. The average Bonchev–Trinajstić information content (AvgIpc) is 2.19. The smallest absolute Gasteiger partial charge is 0.200 e. The van der Waals surface area contributed by atoms with E-state index in [2.05, 4.69) is 11.1 Å². The molecule has 0 saturated heterocycles. The van der Waals surface area contributed by atoms with Gasteiger partial charge < -0.3 is 4.52 Å². The minimum Gasteiger partial charge on any atom is -0.454 e. The lowest BCUT2D eigenvalue weighted by Crippen LogP contribution is -1.73. The van der Waals surface area contributed by atoms with Crippen molar-refractivity contribution in [1.29, 1.82) is 0 Å². The van der Waals surface area contributed by atoms with E-state index in [1.165, 1.54) is 0 Å². The van der Waals surface area contributed by atoms with E-state index in [1.807, 2.05) is 36.4 Å². The van der Waals surface area contributed by atoms with Gasteiger partial charge in [0.15, 0.2) is 8.96 Å². The highest BCUT2D eigenvalue weighted by molar-refractivity contribution is 7.41. The first-order valence-corrected chi connectivity index (χ1v) is 5.76. The summed E-state index contributed by atoms with van der Waals surface area (Å²) >= 11 is 0. The van der Waals surface area contributed by atoms with Gasteiger partial charge in [-0.3, -0.25) is 0 Å². The van der Waals surface area contributed by atoms with Crippen LogP contribution in [-0.4, -0.2) is 6.16 Å². The van der Waals surface area contributed by atoms with Crippen molar-refractivity contribution in [2.75, 3.05) is 6.16 Å². The van der Waals surface area contributed by atoms with Crippen LogP contribution in [0.4, 0.5) is 0 Å². The van der Waals surface area contributed by atoms with Gasteiger partial charge in [-0.25, -0.2) is 4.52 Å². The van der Waals surface area contributed by atoms with Crippen LogP contribution in [-0.2, 0) is 0 Å². The van der Waals surface area contributed by atoms with Crippen molar-refractivity contribution in [3.05, 3.63) is 43.0 Å². The van der Waals surface area contributed by atoms with Gasteiger partial charge in [-0.15, -0.1) is 6.58 Å². The Morgan fingerprint density at radius 3 is 2.92 bits per heavy atom. The molecule has 0 aliphatic carbocycles. The maximum atomic E-state index is 5.37. The summed E-state index contributed by atoms with van der Waals surface area (Å²) in [5.41, 5.74) is 0. The summed E-state index contributed by atoms with van der Waals surface area (Å²) in [6.07, 6.45) is 2.74. The predicted molar refractivity (Wildman–Crippen MR) is 59.8 cm³/mol. The predicted octanol–water partition coefficient (Wildman–Crippen LogP) is 3.89. The van der Waals surface area contributed by atoms with Gasteiger partial charge in [0.1, 0.15) is 5.75 Å². The molecule has 2 nitrogen and oxygen atoms in total. The van der Waals surface area contributed by atoms with Crippen LogP contribution in [0.25, 0.3) is 0 Å². The minimum atomic E-state index is 0.184. The number of nitrogens with zero attached hydrogens (tertiary/aromatic N) is 1. The fourth-order valence-corrected chi connectivity index (χ4v) is 1.77. The second-order valence-corrected chi connectivity index (χ2v) is 4.05. The Kier molecular flexibility index (Phi) is 5.40. The molecular formula is C9H11NOP2. The zero-order chi connectivity index (χ0) is 9.36. The molecule has 0 fully saturated rings.